The second-order valence-electron chi connectivity index (χ2n) is 4.69. The Morgan fingerprint density at radius 2 is 1.88 bits per heavy atom. The number of carbonyl (C=O) groups is 1. The van der Waals surface area contributed by atoms with E-state index in [9.17, 15) is 9.90 Å². The van der Waals surface area contributed by atoms with Gasteiger partial charge < -0.3 is 20.7 Å². The molecule has 0 aliphatic carbocycles. The molecule has 2 aromatic carbocycles. The Bertz CT molecular complexity index is 758. The molecule has 3 N–H and O–H groups in total. The smallest absolute Gasteiger partial charge is 0.872 e. The number of benzene rings is 2. The summed E-state index contributed by atoms with van der Waals surface area (Å²) in [6, 6.07) is 7.44. The first-order chi connectivity index (χ1) is 10.8. The minimum Gasteiger partial charge on any atom is -0.872 e. The number of carboxylic acid groups (broad SMARTS) is 1. The standard InChI is InChI=1S/C15H12I3NO4.Na/c16-9-6-8(2-3-11(9)20)23-12-4-1-7(13(17)14(12)18)5-10(19)15(21)22;/h1-4,6,10,20H,5,19H2,(H,21,22);/q;+1/p-1/t10-;/m0./s1. The van der Waals surface area contributed by atoms with Gasteiger partial charge in [-0.05, 0) is 98.0 Å². The minimum absolute atomic E-state index is 0. The molecule has 0 fully saturated rings. The van der Waals surface area contributed by atoms with Gasteiger partial charge in [0.25, 0.3) is 0 Å². The molecule has 0 aliphatic rings. The van der Waals surface area contributed by atoms with Crippen molar-refractivity contribution < 1.29 is 49.3 Å². The summed E-state index contributed by atoms with van der Waals surface area (Å²) in [7, 11) is 0. The summed E-state index contributed by atoms with van der Waals surface area (Å²) in [5.41, 5.74) is 6.46. The number of carboxylic acids is 1. The molecule has 5 nitrogen and oxygen atoms in total. The maximum atomic E-state index is 11.4. The van der Waals surface area contributed by atoms with E-state index in [0.29, 0.717) is 15.1 Å². The van der Waals surface area contributed by atoms with E-state index in [4.69, 9.17) is 15.6 Å². The van der Waals surface area contributed by atoms with Crippen LogP contribution in [-0.4, -0.2) is 17.1 Å². The van der Waals surface area contributed by atoms with E-state index in [1.807, 2.05) is 28.7 Å². The zero-order valence-electron chi connectivity index (χ0n) is 12.6. The van der Waals surface area contributed by atoms with Crippen molar-refractivity contribution in [1.29, 1.82) is 0 Å². The van der Waals surface area contributed by atoms with Crippen LogP contribution in [0.5, 0.6) is 17.2 Å². The molecule has 2 aromatic rings. The van der Waals surface area contributed by atoms with Crippen LogP contribution in [-0.2, 0) is 11.2 Å². The van der Waals surface area contributed by atoms with Gasteiger partial charge in [0.1, 0.15) is 17.5 Å². The Kier molecular flexibility index (Phi) is 9.57. The van der Waals surface area contributed by atoms with Gasteiger partial charge >= 0.3 is 35.5 Å². The molecule has 0 bridgehead atoms. The summed E-state index contributed by atoms with van der Waals surface area (Å²) >= 11 is 6.27. The molecule has 122 valence electrons. The molecule has 0 aromatic heterocycles. The fraction of sp³-hybridized carbons (Fsp3) is 0.133. The van der Waals surface area contributed by atoms with Gasteiger partial charge in [0, 0.05) is 7.14 Å². The Morgan fingerprint density at radius 3 is 2.46 bits per heavy atom. The van der Waals surface area contributed by atoms with Crippen molar-refractivity contribution in [3.8, 4) is 17.2 Å². The summed E-state index contributed by atoms with van der Waals surface area (Å²) < 4.78 is 8.21. The molecule has 0 spiro atoms. The van der Waals surface area contributed by atoms with E-state index >= 15 is 0 Å². The molecule has 2 rings (SSSR count). The van der Waals surface area contributed by atoms with Crippen LogP contribution in [0.15, 0.2) is 30.3 Å². The SMILES string of the molecule is N[C@@H](Cc1ccc(Oc2ccc([O-])c(I)c2)c(I)c1I)C(=O)O.[Na+]. The van der Waals surface area contributed by atoms with Crippen molar-refractivity contribution in [2.75, 3.05) is 0 Å². The summed E-state index contributed by atoms with van der Waals surface area (Å²) in [5, 5.41) is 20.3. The van der Waals surface area contributed by atoms with Gasteiger partial charge in [0.15, 0.2) is 0 Å². The average Bonchev–Trinajstić information content (AvgIpc) is 2.50. The molecule has 0 unspecified atom stereocenters. The molecule has 0 saturated carbocycles. The topological polar surface area (TPSA) is 95.6 Å². The number of rotatable bonds is 5. The van der Waals surface area contributed by atoms with Crippen LogP contribution in [0.4, 0.5) is 0 Å². The predicted octanol–water partition coefficient (Wildman–Crippen LogP) is 0.325. The fourth-order valence-electron chi connectivity index (χ4n) is 1.80. The number of hydrogen-bond acceptors (Lipinski definition) is 4. The van der Waals surface area contributed by atoms with Crippen molar-refractivity contribution in [2.24, 2.45) is 5.73 Å². The molecule has 1 atom stereocenters. The molecule has 0 aliphatic heterocycles. The predicted molar refractivity (Wildman–Crippen MR) is 110 cm³/mol. The first-order valence-corrected chi connectivity index (χ1v) is 9.63. The van der Waals surface area contributed by atoms with E-state index in [1.54, 1.807) is 18.2 Å². The molecule has 24 heavy (non-hydrogen) atoms. The van der Waals surface area contributed by atoms with E-state index in [-0.39, 0.29) is 41.7 Å². The third kappa shape index (κ3) is 5.84. The fourth-order valence-corrected chi connectivity index (χ4v) is 3.59. The van der Waals surface area contributed by atoms with Gasteiger partial charge in [-0.3, -0.25) is 4.79 Å². The number of ether oxygens (including phenoxy) is 1. The molecular weight excluding hydrogens is 662 g/mol. The molecule has 0 heterocycles. The maximum absolute atomic E-state index is 11.4. The van der Waals surface area contributed by atoms with E-state index in [1.165, 1.54) is 6.07 Å². The van der Waals surface area contributed by atoms with E-state index in [0.717, 1.165) is 12.7 Å². The number of halogens is 3. The third-order valence-corrected chi connectivity index (χ3v) is 7.19. The molecule has 0 amide bonds. The minimum atomic E-state index is -1.02. The van der Waals surface area contributed by atoms with Gasteiger partial charge in [-0.25, -0.2) is 0 Å². The number of hydrogen-bond donors (Lipinski definition) is 2. The second-order valence-corrected chi connectivity index (χ2v) is 8.01. The quantitative estimate of drug-likeness (QED) is 0.353. The van der Waals surface area contributed by atoms with Crippen molar-refractivity contribution in [2.45, 2.75) is 12.5 Å². The van der Waals surface area contributed by atoms with Crippen LogP contribution >= 0.6 is 67.8 Å². The van der Waals surface area contributed by atoms with Crippen molar-refractivity contribution >= 4 is 73.7 Å². The first-order valence-electron chi connectivity index (χ1n) is 6.39. The van der Waals surface area contributed by atoms with Crippen LogP contribution < -0.4 is 45.1 Å². The monoisotopic (exact) mass is 673 g/mol. The Morgan fingerprint density at radius 1 is 1.21 bits per heavy atom. The van der Waals surface area contributed by atoms with Crippen LogP contribution in [0.3, 0.4) is 0 Å². The number of nitrogens with two attached hydrogens (primary N) is 1. The second kappa shape index (κ2) is 10.1. The summed E-state index contributed by atoms with van der Waals surface area (Å²) in [5.74, 6) is 0.165. The van der Waals surface area contributed by atoms with Gasteiger partial charge in [-0.15, -0.1) is 0 Å². The Labute approximate surface area is 202 Å². The molecule has 0 saturated heterocycles. The summed E-state index contributed by atoms with van der Waals surface area (Å²) in [6.45, 7) is 0. The zero-order chi connectivity index (χ0) is 17.1. The van der Waals surface area contributed by atoms with Crippen molar-refractivity contribution in [3.63, 3.8) is 0 Å². The average molecular weight is 673 g/mol. The summed E-state index contributed by atoms with van der Waals surface area (Å²) in [4.78, 5) is 10.9. The Hall–Kier alpha value is 0.660. The van der Waals surface area contributed by atoms with Crippen LogP contribution in [0.2, 0.25) is 0 Å². The van der Waals surface area contributed by atoms with Crippen LogP contribution in [0.25, 0.3) is 0 Å². The molecule has 0 radical (unpaired) electrons. The number of aliphatic carboxylic acids is 1. The Balaban J connectivity index is 0.00000288. The van der Waals surface area contributed by atoms with Gasteiger partial charge in [-0.2, -0.15) is 0 Å². The van der Waals surface area contributed by atoms with Crippen LogP contribution in [0, 0.1) is 10.7 Å². The molecule has 9 heteroatoms. The largest absolute Gasteiger partial charge is 1.00 e. The maximum Gasteiger partial charge on any atom is 1.00 e. The van der Waals surface area contributed by atoms with Crippen LogP contribution in [0.1, 0.15) is 5.56 Å². The first kappa shape index (κ1) is 22.7. The summed E-state index contributed by atoms with van der Waals surface area (Å²) in [6.07, 6.45) is 0.257. The van der Waals surface area contributed by atoms with Gasteiger partial charge in [0.05, 0.1) is 3.57 Å². The van der Waals surface area contributed by atoms with E-state index < -0.39 is 12.0 Å². The third-order valence-electron chi connectivity index (χ3n) is 3.02. The van der Waals surface area contributed by atoms with Crippen molar-refractivity contribution in [1.82, 2.24) is 0 Å². The van der Waals surface area contributed by atoms with Crippen molar-refractivity contribution in [3.05, 3.63) is 46.6 Å². The zero-order valence-corrected chi connectivity index (χ0v) is 21.0. The normalized spacial score (nSPS) is 11.5. The molecular formula is C15H11I3NNaO4. The van der Waals surface area contributed by atoms with Gasteiger partial charge in [-0.1, -0.05) is 17.9 Å². The van der Waals surface area contributed by atoms with Gasteiger partial charge in [0.2, 0.25) is 0 Å². The van der Waals surface area contributed by atoms with E-state index in [2.05, 4.69) is 45.2 Å².